The van der Waals surface area contributed by atoms with Crippen LogP contribution in [0.3, 0.4) is 0 Å². The van der Waals surface area contributed by atoms with E-state index in [0.29, 0.717) is 25.3 Å². The molecule has 1 saturated heterocycles. The van der Waals surface area contributed by atoms with Crippen molar-refractivity contribution in [3.05, 3.63) is 84.7 Å². The number of imidazole rings is 1. The van der Waals surface area contributed by atoms with Crippen LogP contribution >= 0.6 is 0 Å². The smallest absolute Gasteiger partial charge is 0.227 e. The van der Waals surface area contributed by atoms with E-state index in [4.69, 9.17) is 14.5 Å². The molecule has 2 heterocycles. The van der Waals surface area contributed by atoms with Gasteiger partial charge in [0.05, 0.1) is 24.7 Å². The zero-order valence-corrected chi connectivity index (χ0v) is 19.0. The molecule has 1 aliphatic heterocycles. The van der Waals surface area contributed by atoms with Crippen LogP contribution in [-0.4, -0.2) is 46.9 Å². The zero-order chi connectivity index (χ0) is 23.5. The maximum absolute atomic E-state index is 12.8. The van der Waals surface area contributed by atoms with Crippen LogP contribution in [0.5, 0.6) is 11.5 Å². The summed E-state index contributed by atoms with van der Waals surface area (Å²) >= 11 is 0. The molecule has 0 radical (unpaired) electrons. The number of carbonyl (C=O) groups is 1. The Hall–Kier alpha value is -3.84. The molecule has 4 aromatic rings. The number of hydrogen-bond donors (Lipinski definition) is 1. The summed E-state index contributed by atoms with van der Waals surface area (Å²) in [4.78, 5) is 19.5. The third-order valence-corrected chi connectivity index (χ3v) is 6.14. The number of aromatic nitrogens is 2. The Morgan fingerprint density at radius 2 is 1.71 bits per heavy atom. The fourth-order valence-electron chi connectivity index (χ4n) is 4.46. The number of carbonyl (C=O) groups excluding carboxylic acids is 1. The van der Waals surface area contributed by atoms with Gasteiger partial charge in [0.25, 0.3) is 0 Å². The Balaban J connectivity index is 1.35. The minimum atomic E-state index is -0.749. The number of aliphatic hydroxyl groups excluding tert-OH is 1. The Morgan fingerprint density at radius 1 is 1.00 bits per heavy atom. The molecule has 3 aromatic carbocycles. The number of rotatable bonds is 8. The Kier molecular flexibility index (Phi) is 6.18. The van der Waals surface area contributed by atoms with Crippen LogP contribution in [0, 0.1) is 0 Å². The van der Waals surface area contributed by atoms with Crippen LogP contribution in [0.15, 0.2) is 78.9 Å². The molecule has 34 heavy (non-hydrogen) atoms. The first-order valence-corrected chi connectivity index (χ1v) is 11.4. The number of fused-ring (bicyclic) bond motifs is 1. The minimum absolute atomic E-state index is 0.0604. The van der Waals surface area contributed by atoms with E-state index in [1.54, 1.807) is 7.11 Å². The Bertz CT molecular complexity index is 1270. The topological polar surface area (TPSA) is 76.8 Å². The molecule has 1 aromatic heterocycles. The summed E-state index contributed by atoms with van der Waals surface area (Å²) in [6, 6.07) is 24.8. The third-order valence-electron chi connectivity index (χ3n) is 6.14. The van der Waals surface area contributed by atoms with Gasteiger partial charge in [0, 0.05) is 24.6 Å². The second kappa shape index (κ2) is 9.57. The molecule has 1 fully saturated rings. The molecule has 7 heteroatoms. The molecule has 2 atom stereocenters. The molecule has 174 valence electrons. The van der Waals surface area contributed by atoms with E-state index in [1.165, 1.54) is 0 Å². The first kappa shape index (κ1) is 22.0. The fraction of sp³-hybridized carbons (Fsp3) is 0.259. The van der Waals surface area contributed by atoms with Crippen LogP contribution in [-0.2, 0) is 11.3 Å². The SMILES string of the molecule is COc1ccc(OC[C@@H](O)Cn2c([C@@H]3CC(=O)N(c4ccccc4)C3)nc3ccccc32)cc1. The summed E-state index contributed by atoms with van der Waals surface area (Å²) in [6.07, 6.45) is -0.364. The average molecular weight is 458 g/mol. The van der Waals surface area contributed by atoms with Crippen LogP contribution in [0.4, 0.5) is 5.69 Å². The van der Waals surface area contributed by atoms with Gasteiger partial charge in [0.15, 0.2) is 0 Å². The molecule has 1 amide bonds. The molecule has 5 rings (SSSR count). The largest absolute Gasteiger partial charge is 0.497 e. The summed E-state index contributed by atoms with van der Waals surface area (Å²) in [5.74, 6) is 2.25. The van der Waals surface area contributed by atoms with E-state index in [0.717, 1.165) is 28.3 Å². The van der Waals surface area contributed by atoms with Crippen LogP contribution in [0.2, 0.25) is 0 Å². The summed E-state index contributed by atoms with van der Waals surface area (Å²) < 4.78 is 13.0. The standard InChI is InChI=1S/C27H27N3O4/c1-33-22-11-13-23(14-12-22)34-18-21(31)17-30-25-10-6-5-9-24(25)28-27(30)19-15-26(32)29(16-19)20-7-3-2-4-8-20/h2-14,19,21,31H,15-18H2,1H3/t19-,21+/m1/s1. The van der Waals surface area contributed by atoms with Gasteiger partial charge in [-0.3, -0.25) is 4.79 Å². The van der Waals surface area contributed by atoms with Crippen molar-refractivity contribution in [2.75, 3.05) is 25.2 Å². The third kappa shape index (κ3) is 4.47. The number of nitrogens with zero attached hydrogens (tertiary/aromatic N) is 3. The van der Waals surface area contributed by atoms with Crippen molar-refractivity contribution in [2.45, 2.75) is 25.0 Å². The second-order valence-corrected chi connectivity index (χ2v) is 8.45. The highest BCUT2D eigenvalue weighted by molar-refractivity contribution is 5.96. The number of amides is 1. The predicted molar refractivity (Wildman–Crippen MR) is 130 cm³/mol. The number of anilines is 1. The molecule has 0 spiro atoms. The van der Waals surface area contributed by atoms with Crippen molar-refractivity contribution in [3.63, 3.8) is 0 Å². The highest BCUT2D eigenvalue weighted by Gasteiger charge is 2.35. The highest BCUT2D eigenvalue weighted by Crippen LogP contribution is 2.33. The lowest BCUT2D eigenvalue weighted by Gasteiger charge is -2.19. The van der Waals surface area contributed by atoms with Crippen molar-refractivity contribution in [1.29, 1.82) is 0 Å². The number of para-hydroxylation sites is 3. The van der Waals surface area contributed by atoms with Gasteiger partial charge in [0.1, 0.15) is 30.0 Å². The molecule has 0 aliphatic carbocycles. The lowest BCUT2D eigenvalue weighted by molar-refractivity contribution is -0.117. The maximum atomic E-state index is 12.8. The van der Waals surface area contributed by atoms with E-state index in [2.05, 4.69) is 0 Å². The van der Waals surface area contributed by atoms with Gasteiger partial charge in [0.2, 0.25) is 5.91 Å². The molecular weight excluding hydrogens is 430 g/mol. The van der Waals surface area contributed by atoms with E-state index >= 15 is 0 Å². The number of benzene rings is 3. The number of methoxy groups -OCH3 is 1. The molecular formula is C27H27N3O4. The first-order chi connectivity index (χ1) is 16.6. The lowest BCUT2D eigenvalue weighted by Crippen LogP contribution is -2.26. The number of aliphatic hydroxyl groups is 1. The van der Waals surface area contributed by atoms with Gasteiger partial charge < -0.3 is 24.0 Å². The average Bonchev–Trinajstić information content (AvgIpc) is 3.44. The summed E-state index contributed by atoms with van der Waals surface area (Å²) in [6.45, 7) is 1.02. The van der Waals surface area contributed by atoms with E-state index in [1.807, 2.05) is 88.3 Å². The zero-order valence-electron chi connectivity index (χ0n) is 19.0. The van der Waals surface area contributed by atoms with E-state index in [9.17, 15) is 9.90 Å². The predicted octanol–water partition coefficient (Wildman–Crippen LogP) is 4.01. The monoisotopic (exact) mass is 457 g/mol. The molecule has 1 aliphatic rings. The molecule has 1 N–H and O–H groups in total. The summed E-state index contributed by atoms with van der Waals surface area (Å²) in [7, 11) is 1.61. The van der Waals surface area contributed by atoms with Gasteiger partial charge in [-0.15, -0.1) is 0 Å². The lowest BCUT2D eigenvalue weighted by atomic mass is 10.1. The molecule has 7 nitrogen and oxygen atoms in total. The van der Waals surface area contributed by atoms with Crippen molar-refractivity contribution < 1.29 is 19.4 Å². The summed E-state index contributed by atoms with van der Waals surface area (Å²) in [5.41, 5.74) is 2.68. The quantitative estimate of drug-likeness (QED) is 0.433. The Morgan fingerprint density at radius 3 is 2.47 bits per heavy atom. The van der Waals surface area contributed by atoms with Crippen molar-refractivity contribution >= 4 is 22.6 Å². The molecule has 0 bridgehead atoms. The van der Waals surface area contributed by atoms with Crippen LogP contribution in [0.25, 0.3) is 11.0 Å². The van der Waals surface area contributed by atoms with Gasteiger partial charge in [-0.25, -0.2) is 4.98 Å². The fourth-order valence-corrected chi connectivity index (χ4v) is 4.46. The van der Waals surface area contributed by atoms with Gasteiger partial charge in [-0.05, 0) is 48.5 Å². The van der Waals surface area contributed by atoms with Gasteiger partial charge >= 0.3 is 0 Å². The van der Waals surface area contributed by atoms with E-state index in [-0.39, 0.29) is 18.4 Å². The molecule has 0 unspecified atom stereocenters. The van der Waals surface area contributed by atoms with Crippen molar-refractivity contribution in [1.82, 2.24) is 9.55 Å². The van der Waals surface area contributed by atoms with Crippen molar-refractivity contribution in [2.24, 2.45) is 0 Å². The molecule has 0 saturated carbocycles. The maximum Gasteiger partial charge on any atom is 0.227 e. The Labute approximate surface area is 198 Å². The van der Waals surface area contributed by atoms with E-state index < -0.39 is 6.10 Å². The minimum Gasteiger partial charge on any atom is -0.497 e. The van der Waals surface area contributed by atoms with Gasteiger partial charge in [-0.2, -0.15) is 0 Å². The normalized spacial score (nSPS) is 16.7. The second-order valence-electron chi connectivity index (χ2n) is 8.45. The number of ether oxygens (including phenoxy) is 2. The van der Waals surface area contributed by atoms with Gasteiger partial charge in [-0.1, -0.05) is 30.3 Å². The van der Waals surface area contributed by atoms with Crippen molar-refractivity contribution in [3.8, 4) is 11.5 Å². The van der Waals surface area contributed by atoms with Crippen LogP contribution in [0.1, 0.15) is 18.2 Å². The van der Waals surface area contributed by atoms with Crippen LogP contribution < -0.4 is 14.4 Å². The number of hydrogen-bond acceptors (Lipinski definition) is 5. The highest BCUT2D eigenvalue weighted by atomic mass is 16.5. The first-order valence-electron chi connectivity index (χ1n) is 11.4. The summed E-state index contributed by atoms with van der Waals surface area (Å²) in [5, 5.41) is 10.8.